The van der Waals surface area contributed by atoms with Crippen LogP contribution in [0, 0.1) is 17.0 Å². The lowest BCUT2D eigenvalue weighted by Crippen LogP contribution is -2.44. The molecule has 38 heavy (non-hydrogen) atoms. The molecule has 0 aliphatic heterocycles. The molecule has 0 fully saturated rings. The van der Waals surface area contributed by atoms with Gasteiger partial charge in [0.1, 0.15) is 11.6 Å². The van der Waals surface area contributed by atoms with Crippen LogP contribution in [-0.4, -0.2) is 47.0 Å². The number of amides is 1. The highest BCUT2D eigenvalue weighted by molar-refractivity contribution is 7.99. The minimum Gasteiger partial charge on any atom is -0.344 e. The van der Waals surface area contributed by atoms with Gasteiger partial charge in [0.2, 0.25) is 5.91 Å². The number of thioether (sulfide) groups is 1. The van der Waals surface area contributed by atoms with Gasteiger partial charge in [-0.25, -0.2) is 8.78 Å². The molecule has 0 saturated heterocycles. The molecule has 2 aromatic carbocycles. The van der Waals surface area contributed by atoms with Crippen LogP contribution in [0.15, 0.2) is 60.8 Å². The van der Waals surface area contributed by atoms with Crippen molar-refractivity contribution in [1.29, 1.82) is 0 Å². The summed E-state index contributed by atoms with van der Waals surface area (Å²) in [5.41, 5.74) is 2.52. The third-order valence-electron chi connectivity index (χ3n) is 6.50. The van der Waals surface area contributed by atoms with Gasteiger partial charge >= 0.3 is 0 Å². The zero-order valence-electron chi connectivity index (χ0n) is 23.3. The summed E-state index contributed by atoms with van der Waals surface area (Å²) in [7, 11) is 1.91. The van der Waals surface area contributed by atoms with Crippen molar-refractivity contribution in [3.05, 3.63) is 83.7 Å². The molecular formula is C31H41F2N3OS. The van der Waals surface area contributed by atoms with E-state index in [9.17, 15) is 13.6 Å². The molecule has 0 aliphatic carbocycles. The molecule has 1 unspecified atom stereocenters. The molecular weight excluding hydrogens is 500 g/mol. The van der Waals surface area contributed by atoms with Crippen LogP contribution < -0.4 is 5.32 Å². The van der Waals surface area contributed by atoms with E-state index in [0.717, 1.165) is 42.5 Å². The first kappa shape index (κ1) is 29.9. The fourth-order valence-corrected chi connectivity index (χ4v) is 5.60. The lowest BCUT2D eigenvalue weighted by atomic mass is 9.83. The second kappa shape index (κ2) is 13.9. The summed E-state index contributed by atoms with van der Waals surface area (Å²) in [6, 6.07) is 15.3. The Morgan fingerprint density at radius 3 is 2.50 bits per heavy atom. The van der Waals surface area contributed by atoms with Gasteiger partial charge in [0.05, 0.1) is 11.8 Å². The quantitative estimate of drug-likeness (QED) is 0.234. The summed E-state index contributed by atoms with van der Waals surface area (Å²) in [4.78, 5) is 15.7. The molecule has 206 valence electrons. The molecule has 0 aliphatic rings. The molecule has 1 N–H and O–H groups in total. The SMILES string of the molecule is CCCSCC(=O)N(CCCNC)C(c1cc(-c2cc(F)ccc2F)cn1Cc1ccccc1)C(C)(C)C. The summed E-state index contributed by atoms with van der Waals surface area (Å²) in [6.45, 7) is 10.5. The second-order valence-corrected chi connectivity index (χ2v) is 11.9. The summed E-state index contributed by atoms with van der Waals surface area (Å²) in [5.74, 6) is 0.502. The van der Waals surface area contributed by atoms with Crippen molar-refractivity contribution in [2.24, 2.45) is 5.41 Å². The Morgan fingerprint density at radius 1 is 1.11 bits per heavy atom. The number of halogens is 2. The van der Waals surface area contributed by atoms with Crippen molar-refractivity contribution in [2.45, 2.75) is 53.1 Å². The van der Waals surface area contributed by atoms with E-state index in [-0.39, 0.29) is 22.9 Å². The van der Waals surface area contributed by atoms with Crippen molar-refractivity contribution in [3.63, 3.8) is 0 Å². The fraction of sp³-hybridized carbons (Fsp3) is 0.452. The van der Waals surface area contributed by atoms with E-state index < -0.39 is 11.6 Å². The van der Waals surface area contributed by atoms with Gasteiger partial charge in [-0.05, 0) is 67.4 Å². The lowest BCUT2D eigenvalue weighted by molar-refractivity contribution is -0.133. The maximum absolute atomic E-state index is 14.9. The average molecular weight is 542 g/mol. The molecule has 1 aromatic heterocycles. The van der Waals surface area contributed by atoms with E-state index in [1.807, 2.05) is 42.4 Å². The first-order valence-corrected chi connectivity index (χ1v) is 14.5. The van der Waals surface area contributed by atoms with E-state index in [4.69, 9.17) is 0 Å². The van der Waals surface area contributed by atoms with Crippen LogP contribution in [0.1, 0.15) is 57.8 Å². The number of aromatic nitrogens is 1. The largest absolute Gasteiger partial charge is 0.344 e. The second-order valence-electron chi connectivity index (χ2n) is 10.8. The van der Waals surface area contributed by atoms with Crippen molar-refractivity contribution < 1.29 is 13.6 Å². The van der Waals surface area contributed by atoms with Gasteiger partial charge in [0.25, 0.3) is 0 Å². The normalized spacial score (nSPS) is 12.5. The molecule has 7 heteroatoms. The number of hydrogen-bond donors (Lipinski definition) is 1. The van der Waals surface area contributed by atoms with Gasteiger partial charge in [-0.1, -0.05) is 58.0 Å². The predicted octanol–water partition coefficient (Wildman–Crippen LogP) is 7.15. The van der Waals surface area contributed by atoms with Gasteiger partial charge in [0.15, 0.2) is 0 Å². The Morgan fingerprint density at radius 2 is 1.84 bits per heavy atom. The van der Waals surface area contributed by atoms with Gasteiger partial charge < -0.3 is 14.8 Å². The molecule has 0 spiro atoms. The van der Waals surface area contributed by atoms with Gasteiger partial charge in [-0.3, -0.25) is 4.79 Å². The molecule has 3 aromatic rings. The van der Waals surface area contributed by atoms with Gasteiger partial charge in [-0.15, -0.1) is 0 Å². The van der Waals surface area contributed by atoms with Gasteiger partial charge in [0, 0.05) is 36.1 Å². The first-order chi connectivity index (χ1) is 18.2. The number of nitrogens with zero attached hydrogens (tertiary/aromatic N) is 2. The third-order valence-corrected chi connectivity index (χ3v) is 7.65. The molecule has 4 nitrogen and oxygen atoms in total. The molecule has 1 atom stereocenters. The van der Waals surface area contributed by atoms with Crippen LogP contribution in [-0.2, 0) is 11.3 Å². The minimum atomic E-state index is -0.483. The average Bonchev–Trinajstić information content (AvgIpc) is 3.27. The van der Waals surface area contributed by atoms with Crippen LogP contribution in [0.3, 0.4) is 0 Å². The Labute approximate surface area is 230 Å². The highest BCUT2D eigenvalue weighted by Crippen LogP contribution is 2.41. The van der Waals surface area contributed by atoms with E-state index in [2.05, 4.69) is 49.7 Å². The van der Waals surface area contributed by atoms with Crippen LogP contribution >= 0.6 is 11.8 Å². The Bertz CT molecular complexity index is 1170. The van der Waals surface area contributed by atoms with Crippen LogP contribution in [0.5, 0.6) is 0 Å². The Balaban J connectivity index is 2.15. The number of nitrogens with one attached hydrogen (secondary N) is 1. The predicted molar refractivity (Wildman–Crippen MR) is 155 cm³/mol. The number of carbonyl (C=O) groups excluding carboxylic acids is 1. The topological polar surface area (TPSA) is 37.3 Å². The summed E-state index contributed by atoms with van der Waals surface area (Å²) < 4.78 is 31.1. The zero-order chi connectivity index (χ0) is 27.7. The van der Waals surface area contributed by atoms with Gasteiger partial charge in [-0.2, -0.15) is 11.8 Å². The van der Waals surface area contributed by atoms with Crippen LogP contribution in [0.2, 0.25) is 0 Å². The molecule has 0 saturated carbocycles. The standard InChI is InChI=1S/C31H41F2N3OS/c1-6-17-38-22-29(37)36(16-10-15-34-5)30(31(2,3)4)28-18-24(26-19-25(32)13-14-27(26)33)21-35(28)20-23-11-8-7-9-12-23/h7-9,11-14,18-19,21,30,34H,6,10,15-17,20,22H2,1-5H3. The lowest BCUT2D eigenvalue weighted by Gasteiger charge is -2.41. The van der Waals surface area contributed by atoms with Crippen LogP contribution in [0.25, 0.3) is 11.1 Å². The van der Waals surface area contributed by atoms with Crippen LogP contribution in [0.4, 0.5) is 8.78 Å². The van der Waals surface area contributed by atoms with E-state index >= 15 is 0 Å². The monoisotopic (exact) mass is 541 g/mol. The van der Waals surface area contributed by atoms with E-state index in [1.54, 1.807) is 11.8 Å². The minimum absolute atomic E-state index is 0.102. The summed E-state index contributed by atoms with van der Waals surface area (Å²) in [5, 5.41) is 3.19. The Hall–Kier alpha value is -2.64. The highest BCUT2D eigenvalue weighted by Gasteiger charge is 2.37. The molecule has 1 amide bonds. The van der Waals surface area contributed by atoms with Crippen molar-refractivity contribution in [1.82, 2.24) is 14.8 Å². The van der Waals surface area contributed by atoms with Crippen molar-refractivity contribution in [2.75, 3.05) is 31.6 Å². The summed E-state index contributed by atoms with van der Waals surface area (Å²) >= 11 is 1.66. The molecule has 0 radical (unpaired) electrons. The van der Waals surface area contributed by atoms with Crippen molar-refractivity contribution in [3.8, 4) is 11.1 Å². The van der Waals surface area contributed by atoms with E-state index in [0.29, 0.717) is 24.4 Å². The number of carbonyl (C=O) groups is 1. The van der Waals surface area contributed by atoms with E-state index in [1.165, 1.54) is 12.1 Å². The smallest absolute Gasteiger partial charge is 0.233 e. The highest BCUT2D eigenvalue weighted by atomic mass is 32.2. The number of rotatable bonds is 13. The molecule has 1 heterocycles. The summed E-state index contributed by atoms with van der Waals surface area (Å²) in [6.07, 6.45) is 3.72. The zero-order valence-corrected chi connectivity index (χ0v) is 24.1. The number of benzene rings is 2. The third kappa shape index (κ3) is 7.93. The Kier molecular flexibility index (Phi) is 11.0. The molecule has 3 rings (SSSR count). The first-order valence-electron chi connectivity index (χ1n) is 13.4. The number of hydrogen-bond acceptors (Lipinski definition) is 3. The molecule has 0 bridgehead atoms. The maximum Gasteiger partial charge on any atom is 0.233 e. The van der Waals surface area contributed by atoms with Crippen molar-refractivity contribution >= 4 is 17.7 Å². The fourth-order valence-electron chi connectivity index (χ4n) is 4.82. The maximum atomic E-state index is 14.9.